The average molecular weight is 477 g/mol. The molecule has 6 nitrogen and oxygen atoms in total. The van der Waals surface area contributed by atoms with Gasteiger partial charge in [0.05, 0.1) is 25.0 Å². The van der Waals surface area contributed by atoms with Crippen molar-refractivity contribution in [3.05, 3.63) is 53.6 Å². The molecule has 186 valence electrons. The Hall–Kier alpha value is -2.83. The van der Waals surface area contributed by atoms with E-state index in [4.69, 9.17) is 9.47 Å². The van der Waals surface area contributed by atoms with Gasteiger partial charge in [-0.05, 0) is 85.7 Å². The summed E-state index contributed by atoms with van der Waals surface area (Å²) in [6, 6.07) is 14.3. The van der Waals surface area contributed by atoms with Gasteiger partial charge in [0.25, 0.3) is 0 Å². The fraction of sp³-hybridized carbons (Fsp3) is 0.483. The fourth-order valence-electron chi connectivity index (χ4n) is 5.87. The molecule has 0 radical (unpaired) electrons. The average Bonchev–Trinajstić information content (AvgIpc) is 3.23. The van der Waals surface area contributed by atoms with Crippen LogP contribution in [-0.4, -0.2) is 48.6 Å². The van der Waals surface area contributed by atoms with Gasteiger partial charge in [-0.2, -0.15) is 0 Å². The van der Waals surface area contributed by atoms with Crippen molar-refractivity contribution in [1.29, 1.82) is 0 Å². The highest BCUT2D eigenvalue weighted by Gasteiger charge is 2.27. The molecule has 6 heteroatoms. The number of carbonyl (C=O) groups excluding carboxylic acids is 1. The highest BCUT2D eigenvalue weighted by atomic mass is 16.5. The van der Waals surface area contributed by atoms with E-state index < -0.39 is 0 Å². The van der Waals surface area contributed by atoms with Gasteiger partial charge in [-0.15, -0.1) is 0 Å². The number of fused-ring (bicyclic) bond motifs is 1. The van der Waals surface area contributed by atoms with Crippen LogP contribution in [0.1, 0.15) is 66.8 Å². The maximum atomic E-state index is 12.3. The number of benzene rings is 2. The van der Waals surface area contributed by atoms with E-state index in [2.05, 4.69) is 40.2 Å². The number of hydrogen-bond donors (Lipinski definition) is 2. The minimum Gasteiger partial charge on any atom is -0.489 e. The third-order valence-electron chi connectivity index (χ3n) is 7.54. The quantitative estimate of drug-likeness (QED) is 0.455. The number of esters is 1. The van der Waals surface area contributed by atoms with Crippen molar-refractivity contribution < 1.29 is 19.4 Å². The Balaban J connectivity index is 1.60. The number of hydrogen-bond acceptors (Lipinski definition) is 5. The SMILES string of the molecule is COC(=O)c1ccc2c(C3CCCCC3)c(-c3ccc(OC4CCCNC4)cc3)n(CCO)c2c1. The Labute approximate surface area is 207 Å². The summed E-state index contributed by atoms with van der Waals surface area (Å²) in [5.41, 5.74) is 5.11. The van der Waals surface area contributed by atoms with Crippen LogP contribution in [0.3, 0.4) is 0 Å². The molecule has 1 atom stereocenters. The number of piperidine rings is 1. The predicted molar refractivity (Wildman–Crippen MR) is 138 cm³/mol. The van der Waals surface area contributed by atoms with Crippen LogP contribution in [0.2, 0.25) is 0 Å². The van der Waals surface area contributed by atoms with Gasteiger partial charge in [-0.3, -0.25) is 0 Å². The molecule has 1 saturated carbocycles. The van der Waals surface area contributed by atoms with Gasteiger partial charge >= 0.3 is 5.97 Å². The third kappa shape index (κ3) is 4.95. The number of aliphatic hydroxyl groups excluding tert-OH is 1. The van der Waals surface area contributed by atoms with Gasteiger partial charge in [0.1, 0.15) is 11.9 Å². The minimum atomic E-state index is -0.344. The Morgan fingerprint density at radius 3 is 2.54 bits per heavy atom. The van der Waals surface area contributed by atoms with Gasteiger partial charge in [0, 0.05) is 24.0 Å². The lowest BCUT2D eigenvalue weighted by molar-refractivity contribution is 0.0601. The summed E-state index contributed by atoms with van der Waals surface area (Å²) in [4.78, 5) is 12.3. The van der Waals surface area contributed by atoms with E-state index in [1.807, 2.05) is 12.1 Å². The van der Waals surface area contributed by atoms with Crippen molar-refractivity contribution in [3.63, 3.8) is 0 Å². The van der Waals surface area contributed by atoms with E-state index in [0.29, 0.717) is 18.0 Å². The molecule has 3 aromatic rings. The third-order valence-corrected chi connectivity index (χ3v) is 7.54. The fourth-order valence-corrected chi connectivity index (χ4v) is 5.87. The number of carbonyl (C=O) groups is 1. The number of nitrogens with one attached hydrogen (secondary N) is 1. The van der Waals surface area contributed by atoms with Crippen LogP contribution in [0.4, 0.5) is 0 Å². The van der Waals surface area contributed by atoms with Crippen molar-refractivity contribution in [2.75, 3.05) is 26.8 Å². The van der Waals surface area contributed by atoms with E-state index in [0.717, 1.165) is 48.5 Å². The molecule has 2 fully saturated rings. The van der Waals surface area contributed by atoms with E-state index in [-0.39, 0.29) is 18.7 Å². The van der Waals surface area contributed by atoms with Crippen molar-refractivity contribution in [1.82, 2.24) is 9.88 Å². The van der Waals surface area contributed by atoms with Crippen LogP contribution in [0.5, 0.6) is 5.75 Å². The predicted octanol–water partition coefficient (Wildman–Crippen LogP) is 5.27. The zero-order valence-electron chi connectivity index (χ0n) is 20.6. The van der Waals surface area contributed by atoms with Crippen LogP contribution in [0, 0.1) is 0 Å². The molecule has 1 unspecified atom stereocenters. The molecule has 1 aliphatic heterocycles. The Bertz CT molecular complexity index is 1160. The highest BCUT2D eigenvalue weighted by Crippen LogP contribution is 2.44. The maximum Gasteiger partial charge on any atom is 0.337 e. The Morgan fingerprint density at radius 1 is 1.06 bits per heavy atom. The molecular weight excluding hydrogens is 440 g/mol. The molecule has 2 N–H and O–H groups in total. The zero-order valence-corrected chi connectivity index (χ0v) is 20.6. The summed E-state index contributed by atoms with van der Waals surface area (Å²) in [5.74, 6) is 1.01. The molecule has 1 aliphatic carbocycles. The number of nitrogens with zero attached hydrogens (tertiary/aromatic N) is 1. The lowest BCUT2D eigenvalue weighted by atomic mass is 9.82. The minimum absolute atomic E-state index is 0.0270. The number of rotatable bonds is 7. The van der Waals surface area contributed by atoms with Crippen molar-refractivity contribution in [2.45, 2.75) is 63.5 Å². The number of methoxy groups -OCH3 is 1. The molecule has 0 spiro atoms. The first-order valence-electron chi connectivity index (χ1n) is 13.0. The normalized spacial score (nSPS) is 19.1. The lowest BCUT2D eigenvalue weighted by Gasteiger charge is -2.25. The van der Waals surface area contributed by atoms with Gasteiger partial charge in [-0.25, -0.2) is 4.79 Å². The zero-order chi connectivity index (χ0) is 24.2. The maximum absolute atomic E-state index is 12.3. The van der Waals surface area contributed by atoms with Gasteiger partial charge in [0.15, 0.2) is 0 Å². The largest absolute Gasteiger partial charge is 0.489 e. The molecule has 5 rings (SSSR count). The van der Waals surface area contributed by atoms with E-state index in [1.54, 1.807) is 0 Å². The summed E-state index contributed by atoms with van der Waals surface area (Å²) in [6.45, 7) is 2.45. The second-order valence-electron chi connectivity index (χ2n) is 9.81. The summed E-state index contributed by atoms with van der Waals surface area (Å²) < 4.78 is 13.4. The van der Waals surface area contributed by atoms with Crippen LogP contribution < -0.4 is 10.1 Å². The second kappa shape index (κ2) is 10.8. The second-order valence-corrected chi connectivity index (χ2v) is 9.81. The van der Waals surface area contributed by atoms with E-state index in [1.165, 1.54) is 50.2 Å². The van der Waals surface area contributed by atoms with Gasteiger partial charge in [0.2, 0.25) is 0 Å². The van der Waals surface area contributed by atoms with Crippen molar-refractivity contribution >= 4 is 16.9 Å². The molecule has 1 saturated heterocycles. The summed E-state index contributed by atoms with van der Waals surface area (Å²) in [6.07, 6.45) is 8.52. The number of aliphatic hydroxyl groups is 1. The van der Waals surface area contributed by atoms with Crippen LogP contribution in [-0.2, 0) is 11.3 Å². The highest BCUT2D eigenvalue weighted by molar-refractivity contribution is 5.98. The monoisotopic (exact) mass is 476 g/mol. The van der Waals surface area contributed by atoms with Crippen molar-refractivity contribution in [2.24, 2.45) is 0 Å². The van der Waals surface area contributed by atoms with Crippen LogP contribution in [0.15, 0.2) is 42.5 Å². The van der Waals surface area contributed by atoms with Gasteiger partial charge in [-0.1, -0.05) is 25.3 Å². The molecule has 2 aromatic carbocycles. The summed E-state index contributed by atoms with van der Waals surface area (Å²) in [7, 11) is 1.41. The lowest BCUT2D eigenvalue weighted by Crippen LogP contribution is -2.37. The van der Waals surface area contributed by atoms with Crippen LogP contribution >= 0.6 is 0 Å². The topological polar surface area (TPSA) is 72.7 Å². The first-order chi connectivity index (χ1) is 17.2. The Morgan fingerprint density at radius 2 is 1.86 bits per heavy atom. The number of ether oxygens (including phenoxy) is 2. The van der Waals surface area contributed by atoms with Crippen LogP contribution in [0.25, 0.3) is 22.2 Å². The molecular formula is C29H36N2O4. The van der Waals surface area contributed by atoms with E-state index in [9.17, 15) is 9.90 Å². The molecule has 35 heavy (non-hydrogen) atoms. The molecule has 0 bridgehead atoms. The molecule has 0 amide bonds. The first-order valence-corrected chi connectivity index (χ1v) is 13.0. The smallest absolute Gasteiger partial charge is 0.337 e. The molecule has 2 heterocycles. The van der Waals surface area contributed by atoms with E-state index >= 15 is 0 Å². The van der Waals surface area contributed by atoms with Crippen molar-refractivity contribution in [3.8, 4) is 17.0 Å². The Kier molecular flexibility index (Phi) is 7.40. The molecule has 1 aromatic heterocycles. The van der Waals surface area contributed by atoms with Gasteiger partial charge < -0.3 is 24.5 Å². The number of aromatic nitrogens is 1. The summed E-state index contributed by atoms with van der Waals surface area (Å²) >= 11 is 0. The molecule has 2 aliphatic rings. The standard InChI is InChI=1S/C29H36N2O4/c1-34-29(33)22-11-14-25-26(18-22)31(16-17-32)28(27(25)20-6-3-2-4-7-20)21-9-12-23(13-10-21)35-24-8-5-15-30-19-24/h9-14,18,20,24,30,32H,2-8,15-17,19H2,1H3. The summed E-state index contributed by atoms with van der Waals surface area (Å²) in [5, 5.41) is 14.6. The first kappa shape index (κ1) is 23.9.